The number of hydrogen-bond acceptors (Lipinski definition) is 6. The number of aliphatic hydroxyl groups excluding tert-OH is 1. The Balaban J connectivity index is 0. The van der Waals surface area contributed by atoms with E-state index in [1.165, 1.54) is 83.5 Å². The molecule has 0 aliphatic carbocycles. The van der Waals surface area contributed by atoms with Crippen molar-refractivity contribution < 1.29 is 27.1 Å². The summed E-state index contributed by atoms with van der Waals surface area (Å²) in [5.41, 5.74) is 5.30. The fourth-order valence-corrected chi connectivity index (χ4v) is 3.62. The molecule has 32 heavy (non-hydrogen) atoms. The Hall–Kier alpha value is -0.540. The third-order valence-electron chi connectivity index (χ3n) is 5.96. The molecule has 0 aromatic heterocycles. The molecule has 4 N–H and O–H groups in total. The van der Waals surface area contributed by atoms with Crippen molar-refractivity contribution in [2.45, 2.75) is 135 Å². The van der Waals surface area contributed by atoms with Gasteiger partial charge in [0.2, 0.25) is 0 Å². The van der Waals surface area contributed by atoms with E-state index in [0.717, 1.165) is 20.0 Å². The maximum absolute atomic E-state index is 12.2. The number of carbonyl (C=O) groups is 1. The summed E-state index contributed by atoms with van der Waals surface area (Å²) in [6.07, 6.45) is 21.6. The van der Waals surface area contributed by atoms with E-state index in [4.69, 9.17) is 15.4 Å². The zero-order valence-corrected chi connectivity index (χ0v) is 21.8. The zero-order chi connectivity index (χ0) is 24.7. The summed E-state index contributed by atoms with van der Waals surface area (Å²) in [4.78, 5) is 12.2. The molecule has 0 saturated carbocycles. The molecular formula is C24H51NO6S. The number of carbonyl (C=O) groups excluding carboxylic acids is 1. The first-order valence-corrected chi connectivity index (χ1v) is 14.0. The molecule has 0 saturated heterocycles. The first kappa shape index (κ1) is 33.6. The number of aliphatic hydroxyl groups is 1. The lowest BCUT2D eigenvalue weighted by Gasteiger charge is -2.25. The molecule has 0 fully saturated rings. The Morgan fingerprint density at radius 2 is 1.16 bits per heavy atom. The fourth-order valence-electron chi connectivity index (χ4n) is 3.62. The Labute approximate surface area is 197 Å². The number of Topliss-reactive ketones (excluding diaryl/α,β-unsaturated/α-hetero) is 1. The summed E-state index contributed by atoms with van der Waals surface area (Å²) in [5, 5.41) is 9.05. The zero-order valence-electron chi connectivity index (χ0n) is 20.9. The molecule has 7 nitrogen and oxygen atoms in total. The van der Waals surface area contributed by atoms with E-state index in [-0.39, 0.29) is 12.4 Å². The third kappa shape index (κ3) is 22.6. The van der Waals surface area contributed by atoms with Gasteiger partial charge in [0, 0.05) is 13.0 Å². The monoisotopic (exact) mass is 481 g/mol. The molecule has 1 unspecified atom stereocenters. The van der Waals surface area contributed by atoms with Gasteiger partial charge in [0.05, 0.1) is 12.6 Å². The first-order chi connectivity index (χ1) is 15.2. The van der Waals surface area contributed by atoms with E-state index in [9.17, 15) is 13.2 Å². The van der Waals surface area contributed by atoms with Crippen molar-refractivity contribution in [3.8, 4) is 0 Å². The Morgan fingerprint density at radius 1 is 0.812 bits per heavy atom. The van der Waals surface area contributed by atoms with Gasteiger partial charge in [0.15, 0.2) is 5.78 Å². The van der Waals surface area contributed by atoms with Gasteiger partial charge in [-0.25, -0.2) is 0 Å². The molecule has 0 amide bonds. The van der Waals surface area contributed by atoms with Crippen LogP contribution in [0.25, 0.3) is 0 Å². The molecule has 0 heterocycles. The molecule has 194 valence electrons. The van der Waals surface area contributed by atoms with E-state index in [1.54, 1.807) is 0 Å². The molecule has 1 atom stereocenters. The largest absolute Gasteiger partial charge is 0.397 e. The van der Waals surface area contributed by atoms with Crippen molar-refractivity contribution in [3.05, 3.63) is 0 Å². The van der Waals surface area contributed by atoms with Crippen LogP contribution in [0, 0.1) is 0 Å². The quantitative estimate of drug-likeness (QED) is 0.141. The van der Waals surface area contributed by atoms with Gasteiger partial charge in [-0.05, 0) is 19.3 Å². The second-order valence-corrected chi connectivity index (χ2v) is 9.89. The highest BCUT2D eigenvalue weighted by atomic mass is 32.3. The molecule has 8 heteroatoms. The van der Waals surface area contributed by atoms with E-state index in [0.29, 0.717) is 19.3 Å². The van der Waals surface area contributed by atoms with Crippen molar-refractivity contribution in [1.29, 1.82) is 0 Å². The SMILES string of the molecule is CCCCCCCCCCCCCCCCCC(=O)C(N)(CC)CCO.COS(=O)(=O)O. The number of hydrogen-bond donors (Lipinski definition) is 3. The van der Waals surface area contributed by atoms with E-state index in [2.05, 4.69) is 11.1 Å². The summed E-state index contributed by atoms with van der Waals surface area (Å²) < 4.78 is 29.7. The molecule has 0 spiro atoms. The Kier molecular flexibility index (Phi) is 23.4. The Morgan fingerprint density at radius 3 is 1.44 bits per heavy atom. The van der Waals surface area contributed by atoms with E-state index < -0.39 is 15.9 Å². The fraction of sp³-hybridized carbons (Fsp3) is 0.958. The highest BCUT2D eigenvalue weighted by Gasteiger charge is 2.30. The van der Waals surface area contributed by atoms with Gasteiger partial charge in [0.1, 0.15) is 0 Å². The van der Waals surface area contributed by atoms with Crippen LogP contribution >= 0.6 is 0 Å². The highest BCUT2D eigenvalue weighted by molar-refractivity contribution is 7.80. The van der Waals surface area contributed by atoms with E-state index in [1.807, 2.05) is 6.92 Å². The summed E-state index contributed by atoms with van der Waals surface area (Å²) in [7, 11) is -3.29. The second-order valence-electron chi connectivity index (χ2n) is 8.70. The molecule has 0 rings (SSSR count). The summed E-state index contributed by atoms with van der Waals surface area (Å²) >= 11 is 0. The second kappa shape index (κ2) is 22.3. The number of unbranched alkanes of at least 4 members (excludes halogenated alkanes) is 14. The molecule has 0 bridgehead atoms. The third-order valence-corrected chi connectivity index (χ3v) is 6.38. The number of ketones is 1. The average Bonchev–Trinajstić information content (AvgIpc) is 2.76. The number of nitrogens with two attached hydrogens (primary N) is 1. The van der Waals surface area contributed by atoms with Crippen LogP contribution in [0.1, 0.15) is 129 Å². The predicted octanol–water partition coefficient (Wildman–Crippen LogP) is 5.74. The lowest BCUT2D eigenvalue weighted by atomic mass is 9.86. The van der Waals surface area contributed by atoms with Crippen molar-refractivity contribution in [2.75, 3.05) is 13.7 Å². The van der Waals surface area contributed by atoms with Crippen LogP contribution in [0.5, 0.6) is 0 Å². The minimum atomic E-state index is -4.16. The van der Waals surface area contributed by atoms with Crippen molar-refractivity contribution in [3.63, 3.8) is 0 Å². The molecule has 0 radical (unpaired) electrons. The molecule has 0 aliphatic rings. The van der Waals surface area contributed by atoms with Gasteiger partial charge in [-0.1, -0.05) is 104 Å². The standard InChI is InChI=1S/C23H47NO2.CH4O4S/c1-3-5-6-7-8-9-10-11-12-13-14-15-16-17-18-19-22(26)23(24,4-2)20-21-25;1-5-6(2,3)4/h25H,3-21,24H2,1-2H3;1H3,(H,2,3,4). The summed E-state index contributed by atoms with van der Waals surface area (Å²) in [5.74, 6) is 0.128. The smallest absolute Gasteiger partial charge is 0.396 e. The van der Waals surface area contributed by atoms with Crippen molar-refractivity contribution in [2.24, 2.45) is 5.73 Å². The summed E-state index contributed by atoms with van der Waals surface area (Å²) in [6, 6.07) is 0. The van der Waals surface area contributed by atoms with Crippen LogP contribution in [0.2, 0.25) is 0 Å². The van der Waals surface area contributed by atoms with Crippen LogP contribution in [0.4, 0.5) is 0 Å². The lowest BCUT2D eigenvalue weighted by Crippen LogP contribution is -2.48. The van der Waals surface area contributed by atoms with Crippen LogP contribution in [-0.4, -0.2) is 43.1 Å². The number of rotatable bonds is 21. The van der Waals surface area contributed by atoms with Crippen LogP contribution in [0.15, 0.2) is 0 Å². The van der Waals surface area contributed by atoms with Crippen LogP contribution < -0.4 is 5.73 Å². The van der Waals surface area contributed by atoms with Gasteiger partial charge >= 0.3 is 10.4 Å². The van der Waals surface area contributed by atoms with Crippen LogP contribution in [0.3, 0.4) is 0 Å². The van der Waals surface area contributed by atoms with Crippen molar-refractivity contribution in [1.82, 2.24) is 0 Å². The average molecular weight is 482 g/mol. The predicted molar refractivity (Wildman–Crippen MR) is 132 cm³/mol. The van der Waals surface area contributed by atoms with E-state index >= 15 is 0 Å². The van der Waals surface area contributed by atoms with Crippen LogP contribution in [-0.2, 0) is 19.4 Å². The topological polar surface area (TPSA) is 127 Å². The highest BCUT2D eigenvalue weighted by Crippen LogP contribution is 2.18. The molecule has 0 aromatic rings. The molecule has 0 aliphatic heterocycles. The van der Waals surface area contributed by atoms with Gasteiger partial charge in [-0.2, -0.15) is 8.42 Å². The van der Waals surface area contributed by atoms with Crippen molar-refractivity contribution >= 4 is 16.2 Å². The Bertz CT molecular complexity index is 527. The van der Waals surface area contributed by atoms with Gasteiger partial charge in [-0.3, -0.25) is 13.5 Å². The van der Waals surface area contributed by atoms with Gasteiger partial charge < -0.3 is 10.8 Å². The maximum Gasteiger partial charge on any atom is 0.397 e. The first-order valence-electron chi connectivity index (χ1n) is 12.6. The normalized spacial score (nSPS) is 13.3. The minimum absolute atomic E-state index is 0.00502. The molecular weight excluding hydrogens is 430 g/mol. The summed E-state index contributed by atoms with van der Waals surface area (Å²) in [6.45, 7) is 4.20. The lowest BCUT2D eigenvalue weighted by molar-refractivity contribution is -0.125. The van der Waals surface area contributed by atoms with Gasteiger partial charge in [0.25, 0.3) is 0 Å². The molecule has 0 aromatic carbocycles. The minimum Gasteiger partial charge on any atom is -0.396 e. The van der Waals surface area contributed by atoms with Gasteiger partial charge in [-0.15, -0.1) is 0 Å². The maximum atomic E-state index is 12.2.